The predicted octanol–water partition coefficient (Wildman–Crippen LogP) is 2.35. The predicted molar refractivity (Wildman–Crippen MR) is 71.4 cm³/mol. The zero-order valence-electron chi connectivity index (χ0n) is 10.4. The summed E-state index contributed by atoms with van der Waals surface area (Å²) in [5, 5.41) is 15.9. The van der Waals surface area contributed by atoms with E-state index in [2.05, 4.69) is 15.4 Å². The van der Waals surface area contributed by atoms with E-state index in [0.29, 0.717) is 16.9 Å². The van der Waals surface area contributed by atoms with Crippen LogP contribution in [0.4, 0.5) is 10.2 Å². The van der Waals surface area contributed by atoms with Gasteiger partial charge in [-0.05, 0) is 18.2 Å². The van der Waals surface area contributed by atoms with Crippen LogP contribution in [0.2, 0.25) is 0 Å². The Kier molecular flexibility index (Phi) is 3.01. The van der Waals surface area contributed by atoms with Gasteiger partial charge in [-0.25, -0.2) is 13.9 Å². The molecule has 0 spiro atoms. The van der Waals surface area contributed by atoms with E-state index in [1.165, 1.54) is 6.07 Å². The van der Waals surface area contributed by atoms with E-state index in [0.717, 1.165) is 5.52 Å². The molecule has 0 fully saturated rings. The quantitative estimate of drug-likeness (QED) is 0.791. The van der Waals surface area contributed by atoms with Crippen molar-refractivity contribution in [3.05, 3.63) is 59.8 Å². The molecule has 20 heavy (non-hydrogen) atoms. The lowest BCUT2D eigenvalue weighted by molar-refractivity contribution is 0.612. The molecule has 1 N–H and O–H groups in total. The number of hydrogen-bond donors (Lipinski definition) is 1. The first-order chi connectivity index (χ1) is 9.78. The summed E-state index contributed by atoms with van der Waals surface area (Å²) in [4.78, 5) is 4.21. The lowest BCUT2D eigenvalue weighted by Gasteiger charge is -2.08. The largest absolute Gasteiger partial charge is 0.364 e. The number of halogens is 1. The van der Waals surface area contributed by atoms with Crippen molar-refractivity contribution in [1.29, 1.82) is 5.26 Å². The molecule has 98 valence electrons. The first kappa shape index (κ1) is 12.1. The van der Waals surface area contributed by atoms with Crippen LogP contribution in [-0.2, 0) is 6.54 Å². The first-order valence-electron chi connectivity index (χ1n) is 5.98. The molecule has 0 unspecified atom stereocenters. The van der Waals surface area contributed by atoms with Gasteiger partial charge in [0.25, 0.3) is 0 Å². The third kappa shape index (κ3) is 2.17. The van der Waals surface area contributed by atoms with Gasteiger partial charge in [-0.15, -0.1) is 0 Å². The number of nitrogens with one attached hydrogen (secondary N) is 1. The summed E-state index contributed by atoms with van der Waals surface area (Å²) in [5.74, 6) is 0.228. The molecule has 0 atom stereocenters. The number of aromatic nitrogens is 3. The summed E-state index contributed by atoms with van der Waals surface area (Å²) in [6.07, 6.45) is 5.03. The fourth-order valence-corrected chi connectivity index (χ4v) is 1.93. The summed E-state index contributed by atoms with van der Waals surface area (Å²) in [6, 6.07) is 8.14. The second-order valence-electron chi connectivity index (χ2n) is 4.21. The maximum atomic E-state index is 13.8. The highest BCUT2D eigenvalue weighted by molar-refractivity contribution is 5.66. The van der Waals surface area contributed by atoms with Gasteiger partial charge < -0.3 is 5.32 Å². The molecule has 2 aromatic heterocycles. The molecule has 0 amide bonds. The van der Waals surface area contributed by atoms with Gasteiger partial charge in [0.05, 0.1) is 17.8 Å². The molecule has 0 bridgehead atoms. The highest BCUT2D eigenvalue weighted by Gasteiger charge is 2.06. The highest BCUT2D eigenvalue weighted by Crippen LogP contribution is 2.15. The summed E-state index contributed by atoms with van der Waals surface area (Å²) >= 11 is 0. The molecule has 0 saturated carbocycles. The Labute approximate surface area is 114 Å². The number of nitriles is 1. The van der Waals surface area contributed by atoms with Crippen LogP contribution in [0.25, 0.3) is 5.52 Å². The van der Waals surface area contributed by atoms with Crippen molar-refractivity contribution in [3.63, 3.8) is 0 Å². The van der Waals surface area contributed by atoms with Crippen LogP contribution in [0, 0.1) is 17.1 Å². The van der Waals surface area contributed by atoms with Gasteiger partial charge in [0.2, 0.25) is 0 Å². The average molecular weight is 267 g/mol. The van der Waals surface area contributed by atoms with Crippen LogP contribution in [0.15, 0.2) is 42.9 Å². The van der Waals surface area contributed by atoms with Gasteiger partial charge in [-0.2, -0.15) is 10.4 Å². The SMILES string of the molecule is N#Cc1ccc(CNc2nccn3nccc23)c(F)c1. The number of benzene rings is 1. The molecule has 3 aromatic rings. The molecule has 2 heterocycles. The fourth-order valence-electron chi connectivity index (χ4n) is 1.93. The van der Waals surface area contributed by atoms with Crippen LogP contribution in [0.3, 0.4) is 0 Å². The standard InChI is InChI=1S/C14H10FN5/c15-12-7-10(8-16)1-2-11(12)9-18-14-13-3-4-19-20(13)6-5-17-14/h1-7H,9H2,(H,17,18). The van der Waals surface area contributed by atoms with Gasteiger partial charge in [-0.1, -0.05) is 6.07 Å². The lowest BCUT2D eigenvalue weighted by atomic mass is 10.1. The first-order valence-corrected chi connectivity index (χ1v) is 5.98. The van der Waals surface area contributed by atoms with Gasteiger partial charge in [0.1, 0.15) is 11.3 Å². The monoisotopic (exact) mass is 267 g/mol. The zero-order valence-corrected chi connectivity index (χ0v) is 10.4. The summed E-state index contributed by atoms with van der Waals surface area (Å²) in [7, 11) is 0. The Hall–Kier alpha value is -2.94. The van der Waals surface area contributed by atoms with Crippen LogP contribution in [0.1, 0.15) is 11.1 Å². The van der Waals surface area contributed by atoms with Crippen LogP contribution < -0.4 is 5.32 Å². The lowest BCUT2D eigenvalue weighted by Crippen LogP contribution is -2.05. The number of anilines is 1. The molecule has 0 saturated heterocycles. The Morgan fingerprint density at radius 2 is 2.20 bits per heavy atom. The zero-order chi connectivity index (χ0) is 13.9. The Morgan fingerprint density at radius 1 is 1.30 bits per heavy atom. The summed E-state index contributed by atoms with van der Waals surface area (Å²) in [6.45, 7) is 0.287. The molecular formula is C14H10FN5. The third-order valence-corrected chi connectivity index (χ3v) is 2.95. The Morgan fingerprint density at radius 3 is 3.00 bits per heavy atom. The molecule has 6 heteroatoms. The van der Waals surface area contributed by atoms with Crippen molar-refractivity contribution < 1.29 is 4.39 Å². The maximum Gasteiger partial charge on any atom is 0.152 e. The number of rotatable bonds is 3. The van der Waals surface area contributed by atoms with Crippen molar-refractivity contribution in [2.45, 2.75) is 6.54 Å². The number of hydrogen-bond acceptors (Lipinski definition) is 4. The van der Waals surface area contributed by atoms with Crippen molar-refractivity contribution >= 4 is 11.3 Å². The van der Waals surface area contributed by atoms with Crippen LogP contribution >= 0.6 is 0 Å². The molecule has 3 rings (SSSR count). The van der Waals surface area contributed by atoms with Crippen molar-refractivity contribution in [3.8, 4) is 6.07 Å². The van der Waals surface area contributed by atoms with E-state index in [4.69, 9.17) is 5.26 Å². The molecule has 5 nitrogen and oxygen atoms in total. The molecule has 0 aliphatic carbocycles. The van der Waals surface area contributed by atoms with E-state index >= 15 is 0 Å². The number of nitrogens with zero attached hydrogens (tertiary/aromatic N) is 4. The molecular weight excluding hydrogens is 257 g/mol. The van der Waals surface area contributed by atoms with Gasteiger partial charge in [0.15, 0.2) is 5.82 Å². The fraction of sp³-hybridized carbons (Fsp3) is 0.0714. The Bertz CT molecular complexity index is 803. The van der Waals surface area contributed by atoms with Gasteiger partial charge in [-0.3, -0.25) is 0 Å². The topological polar surface area (TPSA) is 66.0 Å². The second-order valence-corrected chi connectivity index (χ2v) is 4.21. The van der Waals surface area contributed by atoms with E-state index in [1.807, 2.05) is 12.1 Å². The summed E-state index contributed by atoms with van der Waals surface area (Å²) in [5.41, 5.74) is 1.61. The minimum absolute atomic E-state index is 0.287. The van der Waals surface area contributed by atoms with Crippen molar-refractivity contribution in [2.75, 3.05) is 5.32 Å². The molecule has 0 aliphatic heterocycles. The van der Waals surface area contributed by atoms with E-state index < -0.39 is 5.82 Å². The molecule has 1 aromatic carbocycles. The minimum Gasteiger partial charge on any atom is -0.364 e. The van der Waals surface area contributed by atoms with Crippen molar-refractivity contribution in [1.82, 2.24) is 14.6 Å². The van der Waals surface area contributed by atoms with Crippen molar-refractivity contribution in [2.24, 2.45) is 0 Å². The maximum absolute atomic E-state index is 13.8. The van der Waals surface area contributed by atoms with E-state index in [1.54, 1.807) is 35.2 Å². The third-order valence-electron chi connectivity index (χ3n) is 2.95. The molecule has 0 radical (unpaired) electrons. The van der Waals surface area contributed by atoms with Gasteiger partial charge in [0, 0.05) is 24.5 Å². The number of fused-ring (bicyclic) bond motifs is 1. The second kappa shape index (κ2) is 4.97. The molecule has 0 aliphatic rings. The van der Waals surface area contributed by atoms with Crippen LogP contribution in [-0.4, -0.2) is 14.6 Å². The summed E-state index contributed by atoms with van der Waals surface area (Å²) < 4.78 is 15.4. The van der Waals surface area contributed by atoms with Crippen LogP contribution in [0.5, 0.6) is 0 Å². The highest BCUT2D eigenvalue weighted by atomic mass is 19.1. The minimum atomic E-state index is -0.406. The van der Waals surface area contributed by atoms with E-state index in [-0.39, 0.29) is 6.54 Å². The van der Waals surface area contributed by atoms with E-state index in [9.17, 15) is 4.39 Å². The normalized spacial score (nSPS) is 10.4. The smallest absolute Gasteiger partial charge is 0.152 e. The van der Waals surface area contributed by atoms with Gasteiger partial charge >= 0.3 is 0 Å². The average Bonchev–Trinajstić information content (AvgIpc) is 2.95. The Balaban J connectivity index is 1.83.